The second-order valence-corrected chi connectivity index (χ2v) is 5.55. The van der Waals surface area contributed by atoms with Crippen LogP contribution in [0.1, 0.15) is 33.3 Å². The van der Waals surface area contributed by atoms with Crippen molar-refractivity contribution in [3.63, 3.8) is 0 Å². The molecular formula is C16H27N3. The van der Waals surface area contributed by atoms with Crippen LogP contribution in [0.25, 0.3) is 0 Å². The van der Waals surface area contributed by atoms with Gasteiger partial charge in [-0.1, -0.05) is 44.2 Å². The van der Waals surface area contributed by atoms with Crippen LogP contribution in [-0.4, -0.2) is 25.6 Å². The van der Waals surface area contributed by atoms with Crippen molar-refractivity contribution >= 4 is 5.96 Å². The van der Waals surface area contributed by atoms with Gasteiger partial charge in [0.15, 0.2) is 5.96 Å². The third-order valence-corrected chi connectivity index (χ3v) is 2.88. The molecule has 1 aromatic rings. The minimum atomic E-state index is 0.164. The Kier molecular flexibility index (Phi) is 6.40. The van der Waals surface area contributed by atoms with E-state index >= 15 is 0 Å². The molecule has 19 heavy (non-hydrogen) atoms. The molecule has 0 aromatic heterocycles. The van der Waals surface area contributed by atoms with Gasteiger partial charge < -0.3 is 10.6 Å². The SMILES string of the molecule is CCNC(=NCC(C)(C)Cc1ccccc1)NCC. The van der Waals surface area contributed by atoms with Crippen molar-refractivity contribution in [1.82, 2.24) is 10.6 Å². The van der Waals surface area contributed by atoms with Crippen LogP contribution in [-0.2, 0) is 6.42 Å². The molecule has 2 N–H and O–H groups in total. The molecule has 0 saturated heterocycles. The lowest BCUT2D eigenvalue weighted by atomic mass is 9.86. The Labute approximate surface area is 117 Å². The Bertz CT molecular complexity index is 374. The molecule has 0 amide bonds. The summed E-state index contributed by atoms with van der Waals surface area (Å²) in [6, 6.07) is 10.6. The van der Waals surface area contributed by atoms with Crippen LogP contribution in [0, 0.1) is 5.41 Å². The normalized spacial score (nSPS) is 10.9. The van der Waals surface area contributed by atoms with Crippen LogP contribution >= 0.6 is 0 Å². The molecule has 3 nitrogen and oxygen atoms in total. The fourth-order valence-electron chi connectivity index (χ4n) is 2.01. The highest BCUT2D eigenvalue weighted by Gasteiger charge is 2.18. The van der Waals surface area contributed by atoms with Gasteiger partial charge >= 0.3 is 0 Å². The molecule has 0 aliphatic heterocycles. The zero-order chi connectivity index (χ0) is 14.1. The smallest absolute Gasteiger partial charge is 0.191 e. The zero-order valence-corrected chi connectivity index (χ0v) is 12.7. The van der Waals surface area contributed by atoms with Gasteiger partial charge in [-0.2, -0.15) is 0 Å². The predicted octanol–water partition coefficient (Wildman–Crippen LogP) is 2.83. The van der Waals surface area contributed by atoms with Crippen LogP contribution in [0.5, 0.6) is 0 Å². The van der Waals surface area contributed by atoms with Gasteiger partial charge in [0.05, 0.1) is 0 Å². The molecule has 0 atom stereocenters. The summed E-state index contributed by atoms with van der Waals surface area (Å²) < 4.78 is 0. The fourth-order valence-corrected chi connectivity index (χ4v) is 2.01. The summed E-state index contributed by atoms with van der Waals surface area (Å²) in [5.74, 6) is 0.908. The largest absolute Gasteiger partial charge is 0.357 e. The summed E-state index contributed by atoms with van der Waals surface area (Å²) in [7, 11) is 0. The molecule has 0 radical (unpaired) electrons. The van der Waals surface area contributed by atoms with Crippen LogP contribution < -0.4 is 10.6 Å². The van der Waals surface area contributed by atoms with E-state index in [4.69, 9.17) is 0 Å². The van der Waals surface area contributed by atoms with Gasteiger partial charge in [-0.15, -0.1) is 0 Å². The molecule has 0 bridgehead atoms. The average molecular weight is 261 g/mol. The van der Waals surface area contributed by atoms with Crippen molar-refractivity contribution in [3.05, 3.63) is 35.9 Å². The molecular weight excluding hydrogens is 234 g/mol. The Balaban J connectivity index is 2.60. The van der Waals surface area contributed by atoms with Crippen LogP contribution in [0.3, 0.4) is 0 Å². The van der Waals surface area contributed by atoms with Crippen LogP contribution in [0.2, 0.25) is 0 Å². The minimum Gasteiger partial charge on any atom is -0.357 e. The number of benzene rings is 1. The third kappa shape index (κ3) is 6.27. The maximum Gasteiger partial charge on any atom is 0.191 e. The highest BCUT2D eigenvalue weighted by atomic mass is 15.2. The number of guanidine groups is 1. The zero-order valence-electron chi connectivity index (χ0n) is 12.7. The lowest BCUT2D eigenvalue weighted by Gasteiger charge is -2.23. The predicted molar refractivity (Wildman–Crippen MR) is 83.6 cm³/mol. The lowest BCUT2D eigenvalue weighted by Crippen LogP contribution is -2.38. The van der Waals surface area contributed by atoms with E-state index in [1.54, 1.807) is 0 Å². The summed E-state index contributed by atoms with van der Waals surface area (Å²) in [6.45, 7) is 11.3. The third-order valence-electron chi connectivity index (χ3n) is 2.88. The second-order valence-electron chi connectivity index (χ2n) is 5.55. The number of hydrogen-bond acceptors (Lipinski definition) is 1. The molecule has 106 valence electrons. The van der Waals surface area contributed by atoms with E-state index in [1.165, 1.54) is 5.56 Å². The quantitative estimate of drug-likeness (QED) is 0.610. The standard InChI is InChI=1S/C16H27N3/c1-5-17-15(18-6-2)19-13-16(3,4)12-14-10-8-7-9-11-14/h7-11H,5-6,12-13H2,1-4H3,(H2,17,18,19). The van der Waals surface area contributed by atoms with Gasteiger partial charge in [0.25, 0.3) is 0 Å². The molecule has 1 aromatic carbocycles. The van der Waals surface area contributed by atoms with Crippen molar-refractivity contribution < 1.29 is 0 Å². The van der Waals surface area contributed by atoms with Crippen molar-refractivity contribution in [2.75, 3.05) is 19.6 Å². The van der Waals surface area contributed by atoms with E-state index in [0.29, 0.717) is 0 Å². The van der Waals surface area contributed by atoms with Gasteiger partial charge in [0.2, 0.25) is 0 Å². The Morgan fingerprint density at radius 3 is 2.16 bits per heavy atom. The van der Waals surface area contributed by atoms with Crippen LogP contribution in [0.4, 0.5) is 0 Å². The Morgan fingerprint density at radius 1 is 1.05 bits per heavy atom. The van der Waals surface area contributed by atoms with E-state index in [2.05, 4.69) is 73.7 Å². The number of nitrogens with one attached hydrogen (secondary N) is 2. The molecule has 0 unspecified atom stereocenters. The Hall–Kier alpha value is -1.51. The molecule has 0 saturated carbocycles. The average Bonchev–Trinajstić information content (AvgIpc) is 2.37. The summed E-state index contributed by atoms with van der Waals surface area (Å²) in [5, 5.41) is 6.52. The number of hydrogen-bond donors (Lipinski definition) is 2. The molecule has 0 aliphatic rings. The van der Waals surface area contributed by atoms with E-state index < -0.39 is 0 Å². The highest BCUT2D eigenvalue weighted by molar-refractivity contribution is 5.79. The van der Waals surface area contributed by atoms with Gasteiger partial charge in [-0.05, 0) is 31.2 Å². The van der Waals surface area contributed by atoms with Crippen molar-refractivity contribution in [3.8, 4) is 0 Å². The first-order valence-electron chi connectivity index (χ1n) is 7.13. The maximum absolute atomic E-state index is 4.67. The highest BCUT2D eigenvalue weighted by Crippen LogP contribution is 2.22. The van der Waals surface area contributed by atoms with Gasteiger partial charge in [0, 0.05) is 19.6 Å². The van der Waals surface area contributed by atoms with E-state index in [-0.39, 0.29) is 5.41 Å². The molecule has 3 heteroatoms. The van der Waals surface area contributed by atoms with Crippen molar-refractivity contribution in [1.29, 1.82) is 0 Å². The molecule has 0 spiro atoms. The van der Waals surface area contributed by atoms with Crippen molar-refractivity contribution in [2.24, 2.45) is 10.4 Å². The Morgan fingerprint density at radius 2 is 1.63 bits per heavy atom. The van der Waals surface area contributed by atoms with Gasteiger partial charge in [0.1, 0.15) is 0 Å². The summed E-state index contributed by atoms with van der Waals surface area (Å²) in [6.07, 6.45) is 1.04. The minimum absolute atomic E-state index is 0.164. The topological polar surface area (TPSA) is 36.4 Å². The summed E-state index contributed by atoms with van der Waals surface area (Å²) in [5.41, 5.74) is 1.54. The van der Waals surface area contributed by atoms with Gasteiger partial charge in [-0.25, -0.2) is 0 Å². The second kappa shape index (κ2) is 7.82. The number of aliphatic imine (C=N–C) groups is 1. The summed E-state index contributed by atoms with van der Waals surface area (Å²) in [4.78, 5) is 4.67. The first kappa shape index (κ1) is 15.5. The molecule has 0 heterocycles. The fraction of sp³-hybridized carbons (Fsp3) is 0.562. The van der Waals surface area contributed by atoms with Crippen molar-refractivity contribution in [2.45, 2.75) is 34.1 Å². The summed E-state index contributed by atoms with van der Waals surface area (Å²) >= 11 is 0. The van der Waals surface area contributed by atoms with Gasteiger partial charge in [-0.3, -0.25) is 4.99 Å². The lowest BCUT2D eigenvalue weighted by molar-refractivity contribution is 0.377. The van der Waals surface area contributed by atoms with Crippen LogP contribution in [0.15, 0.2) is 35.3 Å². The molecule has 0 fully saturated rings. The first-order chi connectivity index (χ1) is 9.07. The maximum atomic E-state index is 4.67. The first-order valence-corrected chi connectivity index (χ1v) is 7.13. The number of nitrogens with zero attached hydrogens (tertiary/aromatic N) is 1. The van der Waals surface area contributed by atoms with E-state index in [0.717, 1.165) is 32.0 Å². The molecule has 0 aliphatic carbocycles. The number of rotatable bonds is 6. The monoisotopic (exact) mass is 261 g/mol. The van der Waals surface area contributed by atoms with E-state index in [9.17, 15) is 0 Å². The van der Waals surface area contributed by atoms with E-state index in [1.807, 2.05) is 0 Å². The molecule has 1 rings (SSSR count).